The molecule has 1 fully saturated rings. The Kier molecular flexibility index (Phi) is 2.73. The van der Waals surface area contributed by atoms with E-state index in [4.69, 9.17) is 16.7 Å². The van der Waals surface area contributed by atoms with Crippen molar-refractivity contribution in [2.24, 2.45) is 0 Å². The zero-order valence-corrected chi connectivity index (χ0v) is 7.43. The van der Waals surface area contributed by atoms with Crippen LogP contribution >= 0.6 is 11.6 Å². The van der Waals surface area contributed by atoms with Crippen molar-refractivity contribution in [3.05, 3.63) is 0 Å². The molecular weight excluding hydrogens is 180 g/mol. The second-order valence-electron chi connectivity index (χ2n) is 3.17. The summed E-state index contributed by atoms with van der Waals surface area (Å²) in [6.45, 7) is 0. The topological polar surface area (TPSA) is 54.4 Å². The Morgan fingerprint density at radius 1 is 1.58 bits per heavy atom. The van der Waals surface area contributed by atoms with E-state index in [-0.39, 0.29) is 12.2 Å². The summed E-state index contributed by atoms with van der Waals surface area (Å²) < 4.78 is 0. The maximum atomic E-state index is 11.3. The fourth-order valence-corrected chi connectivity index (χ4v) is 1.82. The molecule has 0 aromatic carbocycles. The van der Waals surface area contributed by atoms with Crippen LogP contribution in [-0.4, -0.2) is 21.7 Å². The molecule has 12 heavy (non-hydrogen) atoms. The molecule has 0 bridgehead atoms. The quantitative estimate of drug-likeness (QED) is 0.673. The molecule has 68 valence electrons. The number of rotatable bonds is 2. The first-order valence-electron chi connectivity index (χ1n) is 3.99. The molecule has 4 heteroatoms. The summed E-state index contributed by atoms with van der Waals surface area (Å²) in [6, 6.07) is 0. The molecule has 0 aromatic heterocycles. The Morgan fingerprint density at radius 3 is 2.75 bits per heavy atom. The molecule has 0 aromatic rings. The number of hydrogen-bond donors (Lipinski definition) is 1. The van der Waals surface area contributed by atoms with Crippen molar-refractivity contribution in [3.63, 3.8) is 0 Å². The van der Waals surface area contributed by atoms with Gasteiger partial charge in [-0.05, 0) is 12.8 Å². The number of carboxylic acid groups (broad SMARTS) is 1. The number of carbonyl (C=O) groups excluding carboxylic acids is 1. The highest BCUT2D eigenvalue weighted by Gasteiger charge is 2.39. The maximum Gasteiger partial charge on any atom is 0.305 e. The van der Waals surface area contributed by atoms with Crippen LogP contribution < -0.4 is 0 Å². The van der Waals surface area contributed by atoms with E-state index in [1.54, 1.807) is 0 Å². The maximum absolute atomic E-state index is 11.3. The van der Waals surface area contributed by atoms with Crippen LogP contribution in [0.15, 0.2) is 0 Å². The molecule has 0 radical (unpaired) electrons. The highest BCUT2D eigenvalue weighted by Crippen LogP contribution is 2.33. The normalized spacial score (nSPS) is 30.2. The van der Waals surface area contributed by atoms with E-state index in [0.29, 0.717) is 12.8 Å². The first-order chi connectivity index (χ1) is 5.54. The molecule has 1 N–H and O–H groups in total. The average Bonchev–Trinajstić information content (AvgIpc) is 1.94. The van der Waals surface area contributed by atoms with Gasteiger partial charge in [-0.2, -0.15) is 0 Å². The SMILES string of the molecule is O=C(O)CC1(Cl)CCCCC1=O. The predicted octanol–water partition coefficient (Wildman–Crippen LogP) is 1.58. The molecule has 1 aliphatic carbocycles. The fraction of sp³-hybridized carbons (Fsp3) is 0.750. The largest absolute Gasteiger partial charge is 0.481 e. The Hall–Kier alpha value is -0.570. The van der Waals surface area contributed by atoms with Gasteiger partial charge >= 0.3 is 5.97 Å². The second-order valence-corrected chi connectivity index (χ2v) is 3.89. The van der Waals surface area contributed by atoms with Crippen LogP contribution in [0.4, 0.5) is 0 Å². The molecule has 0 aliphatic heterocycles. The lowest BCUT2D eigenvalue weighted by Crippen LogP contribution is -2.37. The zero-order valence-electron chi connectivity index (χ0n) is 6.68. The van der Waals surface area contributed by atoms with Crippen molar-refractivity contribution in [3.8, 4) is 0 Å². The molecule has 1 atom stereocenters. The van der Waals surface area contributed by atoms with Gasteiger partial charge in [0.15, 0.2) is 5.78 Å². The minimum Gasteiger partial charge on any atom is -0.481 e. The highest BCUT2D eigenvalue weighted by molar-refractivity contribution is 6.36. The number of halogens is 1. The van der Waals surface area contributed by atoms with Crippen molar-refractivity contribution < 1.29 is 14.7 Å². The minimum absolute atomic E-state index is 0.113. The molecular formula is C8H11ClO3. The minimum atomic E-state index is -1.11. The van der Waals surface area contributed by atoms with Crippen LogP contribution in [-0.2, 0) is 9.59 Å². The lowest BCUT2D eigenvalue weighted by Gasteiger charge is -2.27. The van der Waals surface area contributed by atoms with Crippen LogP contribution in [0, 0.1) is 0 Å². The number of hydrogen-bond acceptors (Lipinski definition) is 2. The highest BCUT2D eigenvalue weighted by atomic mass is 35.5. The number of carbonyl (C=O) groups is 2. The van der Waals surface area contributed by atoms with Gasteiger partial charge in [0.05, 0.1) is 6.42 Å². The van der Waals surface area contributed by atoms with Gasteiger partial charge in [-0.25, -0.2) is 0 Å². The van der Waals surface area contributed by atoms with Crippen LogP contribution in [0.3, 0.4) is 0 Å². The number of carboxylic acids is 1. The molecule has 1 aliphatic rings. The summed E-state index contributed by atoms with van der Waals surface area (Å²) in [6.07, 6.45) is 2.37. The van der Waals surface area contributed by atoms with Crippen LogP contribution in [0.2, 0.25) is 0 Å². The fourth-order valence-electron chi connectivity index (χ4n) is 1.48. The van der Waals surface area contributed by atoms with Gasteiger partial charge in [0.2, 0.25) is 0 Å². The second kappa shape index (κ2) is 3.44. The summed E-state index contributed by atoms with van der Waals surface area (Å²) in [7, 11) is 0. The third-order valence-corrected chi connectivity index (χ3v) is 2.69. The van der Waals surface area contributed by atoms with E-state index in [2.05, 4.69) is 0 Å². The van der Waals surface area contributed by atoms with Gasteiger partial charge in [-0.15, -0.1) is 11.6 Å². The number of aliphatic carboxylic acids is 1. The van der Waals surface area contributed by atoms with E-state index in [1.165, 1.54) is 0 Å². The lowest BCUT2D eigenvalue weighted by molar-refractivity contribution is -0.140. The van der Waals surface area contributed by atoms with Crippen LogP contribution in [0.25, 0.3) is 0 Å². The van der Waals surface area contributed by atoms with Crippen molar-refractivity contribution in [1.82, 2.24) is 0 Å². The van der Waals surface area contributed by atoms with E-state index in [1.807, 2.05) is 0 Å². The summed E-state index contributed by atoms with van der Waals surface area (Å²) in [5.41, 5.74) is 0. The number of Topliss-reactive ketones (excluding diaryl/α,β-unsaturated/α-hetero) is 1. The molecule has 3 nitrogen and oxygen atoms in total. The van der Waals surface area contributed by atoms with E-state index in [0.717, 1.165) is 12.8 Å². The first kappa shape index (κ1) is 9.52. The zero-order chi connectivity index (χ0) is 9.19. The monoisotopic (exact) mass is 190 g/mol. The Bertz CT molecular complexity index is 214. The first-order valence-corrected chi connectivity index (χ1v) is 4.36. The Labute approximate surface area is 75.7 Å². The lowest BCUT2D eigenvalue weighted by atomic mass is 9.85. The van der Waals surface area contributed by atoms with Crippen LogP contribution in [0.5, 0.6) is 0 Å². The van der Waals surface area contributed by atoms with E-state index in [9.17, 15) is 9.59 Å². The van der Waals surface area contributed by atoms with Crippen molar-refractivity contribution in [2.45, 2.75) is 37.0 Å². The average molecular weight is 191 g/mol. The summed E-state index contributed by atoms with van der Waals surface area (Å²) in [5, 5.41) is 8.51. The third kappa shape index (κ3) is 1.97. The number of ketones is 1. The van der Waals surface area contributed by atoms with E-state index < -0.39 is 10.8 Å². The molecule has 0 spiro atoms. The molecule has 1 rings (SSSR count). The predicted molar refractivity (Wildman–Crippen MR) is 44.3 cm³/mol. The van der Waals surface area contributed by atoms with Crippen LogP contribution in [0.1, 0.15) is 32.1 Å². The standard InChI is InChI=1S/C8H11ClO3/c9-8(5-7(11)12)4-2-1-3-6(8)10/h1-5H2,(H,11,12). The van der Waals surface area contributed by atoms with Gasteiger partial charge in [0.1, 0.15) is 4.87 Å². The summed E-state index contributed by atoms with van der Waals surface area (Å²) >= 11 is 5.89. The number of alkyl halides is 1. The van der Waals surface area contributed by atoms with Gasteiger partial charge in [0, 0.05) is 6.42 Å². The van der Waals surface area contributed by atoms with Gasteiger partial charge in [0.25, 0.3) is 0 Å². The molecule has 0 amide bonds. The Morgan fingerprint density at radius 2 is 2.25 bits per heavy atom. The molecule has 1 unspecified atom stereocenters. The Balaban J connectivity index is 2.66. The van der Waals surface area contributed by atoms with Gasteiger partial charge in [-0.3, -0.25) is 9.59 Å². The summed E-state index contributed by atoms with van der Waals surface area (Å²) in [5.74, 6) is -1.11. The third-order valence-electron chi connectivity index (χ3n) is 2.16. The smallest absolute Gasteiger partial charge is 0.305 e. The summed E-state index contributed by atoms with van der Waals surface area (Å²) in [4.78, 5) is 20.5. The molecule has 0 heterocycles. The molecule has 0 saturated heterocycles. The molecule has 1 saturated carbocycles. The van der Waals surface area contributed by atoms with Crippen molar-refractivity contribution in [1.29, 1.82) is 0 Å². The van der Waals surface area contributed by atoms with E-state index >= 15 is 0 Å². The van der Waals surface area contributed by atoms with Crippen molar-refractivity contribution >= 4 is 23.4 Å². The van der Waals surface area contributed by atoms with Crippen molar-refractivity contribution in [2.75, 3.05) is 0 Å². The van der Waals surface area contributed by atoms with Gasteiger partial charge in [-0.1, -0.05) is 6.42 Å². The van der Waals surface area contributed by atoms with Gasteiger partial charge < -0.3 is 5.11 Å².